The Kier molecular flexibility index (Phi) is 7.50. The van der Waals surface area contributed by atoms with Gasteiger partial charge in [-0.25, -0.2) is 0 Å². The van der Waals surface area contributed by atoms with Crippen molar-refractivity contribution in [1.29, 1.82) is 0 Å². The van der Waals surface area contributed by atoms with Crippen LogP contribution in [0.5, 0.6) is 17.2 Å². The van der Waals surface area contributed by atoms with E-state index in [-0.39, 0.29) is 12.4 Å². The van der Waals surface area contributed by atoms with Crippen molar-refractivity contribution in [3.8, 4) is 17.2 Å². The third kappa shape index (κ3) is 4.59. The minimum Gasteiger partial charge on any atom is -0.496 e. The molecule has 0 radical (unpaired) electrons. The first-order chi connectivity index (χ1) is 7.30. The maximum Gasteiger partial charge on any atom is 0.126 e. The topological polar surface area (TPSA) is 53.7 Å². The first-order valence-corrected chi connectivity index (χ1v) is 4.86. The van der Waals surface area contributed by atoms with Gasteiger partial charge < -0.3 is 19.9 Å². The van der Waals surface area contributed by atoms with E-state index in [0.717, 1.165) is 23.7 Å². The Morgan fingerprint density at radius 3 is 1.94 bits per heavy atom. The second kappa shape index (κ2) is 8.07. The molecular formula is C11H18ClNO3. The first kappa shape index (κ1) is 14.9. The predicted octanol–water partition coefficient (Wildman–Crippen LogP) is 1.85. The van der Waals surface area contributed by atoms with Crippen LogP contribution in [0.1, 0.15) is 6.42 Å². The molecule has 2 N–H and O–H groups in total. The molecule has 0 aliphatic heterocycles. The molecule has 0 aromatic heterocycles. The molecule has 0 saturated heterocycles. The number of halogens is 1. The molecule has 0 amide bonds. The van der Waals surface area contributed by atoms with Crippen molar-refractivity contribution in [2.24, 2.45) is 5.73 Å². The van der Waals surface area contributed by atoms with E-state index in [9.17, 15) is 0 Å². The summed E-state index contributed by atoms with van der Waals surface area (Å²) in [5.74, 6) is 2.17. The molecule has 1 aromatic rings. The monoisotopic (exact) mass is 247 g/mol. The quantitative estimate of drug-likeness (QED) is 0.780. The molecule has 1 rings (SSSR count). The number of methoxy groups -OCH3 is 2. The van der Waals surface area contributed by atoms with Crippen LogP contribution in [0.2, 0.25) is 0 Å². The zero-order valence-corrected chi connectivity index (χ0v) is 10.4. The van der Waals surface area contributed by atoms with Crippen molar-refractivity contribution >= 4 is 12.4 Å². The summed E-state index contributed by atoms with van der Waals surface area (Å²) < 4.78 is 15.7. The number of rotatable bonds is 6. The Morgan fingerprint density at radius 1 is 1.00 bits per heavy atom. The number of benzene rings is 1. The lowest BCUT2D eigenvalue weighted by Gasteiger charge is -2.09. The molecule has 16 heavy (non-hydrogen) atoms. The summed E-state index contributed by atoms with van der Waals surface area (Å²) in [4.78, 5) is 0. The molecule has 0 heterocycles. The van der Waals surface area contributed by atoms with Crippen molar-refractivity contribution in [3.05, 3.63) is 18.2 Å². The summed E-state index contributed by atoms with van der Waals surface area (Å²) in [6.07, 6.45) is 0.833. The molecule has 0 unspecified atom stereocenters. The van der Waals surface area contributed by atoms with E-state index in [2.05, 4.69) is 0 Å². The standard InChI is InChI=1S/C11H17NO3.ClH/c1-13-9-6-10(14-2)8-11(7-9)15-5-3-4-12;/h6-8H,3-5,12H2,1-2H3;1H. The van der Waals surface area contributed by atoms with E-state index in [0.29, 0.717) is 13.2 Å². The summed E-state index contributed by atoms with van der Waals surface area (Å²) in [7, 11) is 3.22. The summed E-state index contributed by atoms with van der Waals surface area (Å²) in [6.45, 7) is 1.23. The Hall–Kier alpha value is -1.13. The van der Waals surface area contributed by atoms with E-state index >= 15 is 0 Å². The van der Waals surface area contributed by atoms with Gasteiger partial charge in [-0.1, -0.05) is 0 Å². The van der Waals surface area contributed by atoms with Crippen LogP contribution in [0.25, 0.3) is 0 Å². The highest BCUT2D eigenvalue weighted by Gasteiger charge is 2.02. The van der Waals surface area contributed by atoms with Crippen LogP contribution in [0.4, 0.5) is 0 Å². The van der Waals surface area contributed by atoms with Crippen LogP contribution in [0.3, 0.4) is 0 Å². The van der Waals surface area contributed by atoms with Crippen molar-refractivity contribution in [2.75, 3.05) is 27.4 Å². The lowest BCUT2D eigenvalue weighted by atomic mass is 10.3. The molecule has 0 aliphatic rings. The number of nitrogens with two attached hydrogens (primary N) is 1. The fraction of sp³-hybridized carbons (Fsp3) is 0.455. The highest BCUT2D eigenvalue weighted by atomic mass is 35.5. The summed E-state index contributed by atoms with van der Waals surface area (Å²) in [5, 5.41) is 0. The average molecular weight is 248 g/mol. The van der Waals surface area contributed by atoms with Crippen molar-refractivity contribution in [2.45, 2.75) is 6.42 Å². The van der Waals surface area contributed by atoms with Crippen LogP contribution in [0.15, 0.2) is 18.2 Å². The van der Waals surface area contributed by atoms with Crippen LogP contribution in [-0.4, -0.2) is 27.4 Å². The number of ether oxygens (including phenoxy) is 3. The molecule has 4 nitrogen and oxygen atoms in total. The molecule has 5 heteroatoms. The molecule has 0 saturated carbocycles. The lowest BCUT2D eigenvalue weighted by Crippen LogP contribution is -2.06. The van der Waals surface area contributed by atoms with Gasteiger partial charge in [0.15, 0.2) is 0 Å². The van der Waals surface area contributed by atoms with E-state index in [1.807, 2.05) is 12.1 Å². The Balaban J connectivity index is 0.00000225. The fourth-order valence-corrected chi connectivity index (χ4v) is 1.14. The predicted molar refractivity (Wildman–Crippen MR) is 66.0 cm³/mol. The zero-order valence-electron chi connectivity index (χ0n) is 9.56. The third-order valence-electron chi connectivity index (χ3n) is 1.94. The molecule has 92 valence electrons. The van der Waals surface area contributed by atoms with Gasteiger partial charge in [0, 0.05) is 18.2 Å². The molecule has 0 aliphatic carbocycles. The van der Waals surface area contributed by atoms with Gasteiger partial charge in [-0.05, 0) is 13.0 Å². The van der Waals surface area contributed by atoms with Gasteiger partial charge in [-0.2, -0.15) is 0 Å². The Bertz CT molecular complexity index is 285. The first-order valence-electron chi connectivity index (χ1n) is 4.86. The molecule has 0 atom stereocenters. The van der Waals surface area contributed by atoms with Crippen molar-refractivity contribution in [3.63, 3.8) is 0 Å². The maximum absolute atomic E-state index is 5.49. The Labute approximate surface area is 102 Å². The molecule has 0 bridgehead atoms. The van der Waals surface area contributed by atoms with Crippen LogP contribution in [0, 0.1) is 0 Å². The van der Waals surface area contributed by atoms with Gasteiger partial charge in [0.2, 0.25) is 0 Å². The second-order valence-electron chi connectivity index (χ2n) is 3.04. The van der Waals surface area contributed by atoms with Gasteiger partial charge in [0.1, 0.15) is 17.2 Å². The van der Waals surface area contributed by atoms with Crippen LogP contribution in [-0.2, 0) is 0 Å². The van der Waals surface area contributed by atoms with Gasteiger partial charge in [-0.3, -0.25) is 0 Å². The van der Waals surface area contributed by atoms with E-state index in [1.165, 1.54) is 0 Å². The van der Waals surface area contributed by atoms with Crippen molar-refractivity contribution < 1.29 is 14.2 Å². The van der Waals surface area contributed by atoms with Gasteiger partial charge in [-0.15, -0.1) is 12.4 Å². The summed E-state index contributed by atoms with van der Waals surface area (Å²) >= 11 is 0. The van der Waals surface area contributed by atoms with E-state index in [4.69, 9.17) is 19.9 Å². The second-order valence-corrected chi connectivity index (χ2v) is 3.04. The largest absolute Gasteiger partial charge is 0.496 e. The third-order valence-corrected chi connectivity index (χ3v) is 1.94. The molecule has 0 spiro atoms. The summed E-state index contributed by atoms with van der Waals surface area (Å²) in [6, 6.07) is 5.44. The Morgan fingerprint density at radius 2 is 1.50 bits per heavy atom. The number of hydrogen-bond donors (Lipinski definition) is 1. The minimum atomic E-state index is 0. The van der Waals surface area contributed by atoms with E-state index in [1.54, 1.807) is 20.3 Å². The number of hydrogen-bond acceptors (Lipinski definition) is 4. The van der Waals surface area contributed by atoms with Crippen molar-refractivity contribution in [1.82, 2.24) is 0 Å². The normalized spacial score (nSPS) is 9.19. The molecule has 1 aromatic carbocycles. The highest BCUT2D eigenvalue weighted by Crippen LogP contribution is 2.27. The summed E-state index contributed by atoms with van der Waals surface area (Å²) in [5.41, 5.74) is 5.38. The molecule has 0 fully saturated rings. The smallest absolute Gasteiger partial charge is 0.126 e. The average Bonchev–Trinajstić information content (AvgIpc) is 2.29. The highest BCUT2D eigenvalue weighted by molar-refractivity contribution is 5.85. The lowest BCUT2D eigenvalue weighted by molar-refractivity contribution is 0.307. The van der Waals surface area contributed by atoms with Gasteiger partial charge in [0.05, 0.1) is 20.8 Å². The van der Waals surface area contributed by atoms with Gasteiger partial charge >= 0.3 is 0 Å². The van der Waals surface area contributed by atoms with Crippen LogP contribution >= 0.6 is 12.4 Å². The SMILES string of the molecule is COc1cc(OC)cc(OCCCN)c1.Cl. The van der Waals surface area contributed by atoms with Gasteiger partial charge in [0.25, 0.3) is 0 Å². The van der Waals surface area contributed by atoms with E-state index < -0.39 is 0 Å². The zero-order chi connectivity index (χ0) is 11.1. The minimum absolute atomic E-state index is 0. The van der Waals surface area contributed by atoms with Crippen LogP contribution < -0.4 is 19.9 Å². The maximum atomic E-state index is 5.49. The fourth-order valence-electron chi connectivity index (χ4n) is 1.14. The molecular weight excluding hydrogens is 230 g/mol.